The monoisotopic (exact) mass is 439 g/mol. The number of hydrogen-bond donors (Lipinski definition) is 1. The van der Waals surface area contributed by atoms with Crippen LogP contribution in [0, 0.1) is 34.6 Å². The number of piperazine rings is 1. The standard InChI is InChI=1S/C25H33N3O2S/c1-17-13-20(4)25(21(5)14-17)31-16-23(30)28-11-9-27(10-12-28)15-22(29)26-24-18(2)7-6-8-19(24)3/h6-8,13-14H,9-12,15-16H2,1-5H3,(H,26,29). The zero-order valence-electron chi connectivity index (χ0n) is 19.2. The number of thioether (sulfide) groups is 1. The van der Waals surface area contributed by atoms with Crippen LogP contribution in [-0.2, 0) is 9.59 Å². The first-order valence-electron chi connectivity index (χ1n) is 10.8. The minimum absolute atomic E-state index is 0.00180. The van der Waals surface area contributed by atoms with Gasteiger partial charge in [-0.15, -0.1) is 11.8 Å². The van der Waals surface area contributed by atoms with E-state index in [1.54, 1.807) is 11.8 Å². The molecule has 1 N–H and O–H groups in total. The Bertz CT molecular complexity index is 922. The van der Waals surface area contributed by atoms with Crippen LogP contribution in [0.5, 0.6) is 0 Å². The summed E-state index contributed by atoms with van der Waals surface area (Å²) in [6.07, 6.45) is 0. The van der Waals surface area contributed by atoms with Crippen molar-refractivity contribution in [2.24, 2.45) is 0 Å². The molecule has 1 aliphatic rings. The van der Waals surface area contributed by atoms with Gasteiger partial charge in [-0.3, -0.25) is 14.5 Å². The third-order valence-electron chi connectivity index (χ3n) is 5.78. The summed E-state index contributed by atoms with van der Waals surface area (Å²) >= 11 is 1.63. The Hall–Kier alpha value is -2.31. The molecule has 0 aromatic heterocycles. The van der Waals surface area contributed by atoms with E-state index in [4.69, 9.17) is 0 Å². The third kappa shape index (κ3) is 6.11. The van der Waals surface area contributed by atoms with E-state index in [1.165, 1.54) is 21.6 Å². The molecule has 6 heteroatoms. The van der Waals surface area contributed by atoms with Gasteiger partial charge in [0.1, 0.15) is 0 Å². The first-order valence-corrected chi connectivity index (χ1v) is 11.8. The van der Waals surface area contributed by atoms with E-state index in [-0.39, 0.29) is 11.8 Å². The quantitative estimate of drug-likeness (QED) is 0.689. The normalized spacial score (nSPS) is 14.5. The Balaban J connectivity index is 1.46. The lowest BCUT2D eigenvalue weighted by Crippen LogP contribution is -2.50. The van der Waals surface area contributed by atoms with E-state index in [2.05, 4.69) is 43.1 Å². The minimum Gasteiger partial charge on any atom is -0.339 e. The van der Waals surface area contributed by atoms with Gasteiger partial charge in [-0.1, -0.05) is 35.9 Å². The molecular formula is C25H33N3O2S. The average molecular weight is 440 g/mol. The van der Waals surface area contributed by atoms with Crippen molar-refractivity contribution in [3.8, 4) is 0 Å². The fourth-order valence-electron chi connectivity index (χ4n) is 4.17. The molecule has 2 amide bonds. The molecule has 0 spiro atoms. The molecular weight excluding hydrogens is 406 g/mol. The molecule has 0 atom stereocenters. The third-order valence-corrected chi connectivity index (χ3v) is 7.11. The summed E-state index contributed by atoms with van der Waals surface area (Å²) in [5, 5.41) is 3.05. The van der Waals surface area contributed by atoms with Crippen molar-refractivity contribution in [2.45, 2.75) is 39.5 Å². The molecule has 0 aliphatic carbocycles. The molecule has 0 bridgehead atoms. The number of amides is 2. The van der Waals surface area contributed by atoms with E-state index < -0.39 is 0 Å². The van der Waals surface area contributed by atoms with Gasteiger partial charge in [-0.2, -0.15) is 0 Å². The second-order valence-corrected chi connectivity index (χ2v) is 9.47. The van der Waals surface area contributed by atoms with E-state index in [0.29, 0.717) is 25.4 Å². The zero-order valence-corrected chi connectivity index (χ0v) is 20.1. The fourth-order valence-corrected chi connectivity index (χ4v) is 5.19. The van der Waals surface area contributed by atoms with Crippen molar-refractivity contribution < 1.29 is 9.59 Å². The number of anilines is 1. The van der Waals surface area contributed by atoms with Crippen molar-refractivity contribution in [3.63, 3.8) is 0 Å². The Kier molecular flexibility index (Phi) is 7.79. The summed E-state index contributed by atoms with van der Waals surface area (Å²) in [5.41, 5.74) is 6.76. The van der Waals surface area contributed by atoms with Crippen molar-refractivity contribution in [1.82, 2.24) is 9.80 Å². The predicted octanol–water partition coefficient (Wildman–Crippen LogP) is 4.10. The van der Waals surface area contributed by atoms with Crippen LogP contribution in [0.3, 0.4) is 0 Å². The van der Waals surface area contributed by atoms with Crippen molar-refractivity contribution in [1.29, 1.82) is 0 Å². The fraction of sp³-hybridized carbons (Fsp3) is 0.440. The van der Waals surface area contributed by atoms with Gasteiger partial charge in [-0.25, -0.2) is 0 Å². The minimum atomic E-state index is -0.00180. The summed E-state index contributed by atoms with van der Waals surface area (Å²) in [4.78, 5) is 30.5. The molecule has 0 unspecified atom stereocenters. The van der Waals surface area contributed by atoms with Gasteiger partial charge >= 0.3 is 0 Å². The molecule has 1 aliphatic heterocycles. The van der Waals surface area contributed by atoms with Crippen LogP contribution in [0.2, 0.25) is 0 Å². The number of para-hydroxylation sites is 1. The largest absolute Gasteiger partial charge is 0.339 e. The van der Waals surface area contributed by atoms with Crippen molar-refractivity contribution in [3.05, 3.63) is 58.1 Å². The number of nitrogens with one attached hydrogen (secondary N) is 1. The highest BCUT2D eigenvalue weighted by Gasteiger charge is 2.23. The summed E-state index contributed by atoms with van der Waals surface area (Å²) in [6, 6.07) is 10.3. The van der Waals surface area contributed by atoms with Gasteiger partial charge in [0, 0.05) is 36.8 Å². The van der Waals surface area contributed by atoms with E-state index in [1.807, 2.05) is 36.9 Å². The number of aryl methyl sites for hydroxylation is 5. The number of carbonyl (C=O) groups excluding carboxylic acids is 2. The van der Waals surface area contributed by atoms with Gasteiger partial charge in [0.2, 0.25) is 11.8 Å². The highest BCUT2D eigenvalue weighted by atomic mass is 32.2. The van der Waals surface area contributed by atoms with Crippen LogP contribution in [0.4, 0.5) is 5.69 Å². The molecule has 166 valence electrons. The summed E-state index contributed by atoms with van der Waals surface area (Å²) in [7, 11) is 0. The molecule has 5 nitrogen and oxygen atoms in total. The maximum absolute atomic E-state index is 12.7. The van der Waals surface area contributed by atoms with E-state index >= 15 is 0 Å². The number of hydrogen-bond acceptors (Lipinski definition) is 4. The molecule has 31 heavy (non-hydrogen) atoms. The lowest BCUT2D eigenvalue weighted by molar-refractivity contribution is -0.130. The van der Waals surface area contributed by atoms with E-state index in [9.17, 15) is 9.59 Å². The van der Waals surface area contributed by atoms with Crippen LogP contribution in [0.15, 0.2) is 35.2 Å². The van der Waals surface area contributed by atoms with Gasteiger partial charge in [0.05, 0.1) is 12.3 Å². The molecule has 1 saturated heterocycles. The molecule has 3 rings (SSSR count). The zero-order chi connectivity index (χ0) is 22.5. The summed E-state index contributed by atoms with van der Waals surface area (Å²) in [5.74, 6) is 0.625. The number of benzene rings is 2. The van der Waals surface area contributed by atoms with E-state index in [0.717, 1.165) is 29.9 Å². The molecule has 0 saturated carbocycles. The molecule has 1 heterocycles. The summed E-state index contributed by atoms with van der Waals surface area (Å²) < 4.78 is 0. The van der Waals surface area contributed by atoms with Gasteiger partial charge in [0.15, 0.2) is 0 Å². The predicted molar refractivity (Wildman–Crippen MR) is 129 cm³/mol. The molecule has 0 radical (unpaired) electrons. The van der Waals surface area contributed by atoms with Gasteiger partial charge < -0.3 is 10.2 Å². The van der Waals surface area contributed by atoms with Gasteiger partial charge in [-0.05, 0) is 56.9 Å². The van der Waals surface area contributed by atoms with Crippen LogP contribution < -0.4 is 5.32 Å². The number of nitrogens with zero attached hydrogens (tertiary/aromatic N) is 2. The van der Waals surface area contributed by atoms with Crippen molar-refractivity contribution in [2.75, 3.05) is 43.8 Å². The van der Waals surface area contributed by atoms with Crippen LogP contribution in [0.1, 0.15) is 27.8 Å². The maximum atomic E-state index is 12.7. The Morgan fingerprint density at radius 2 is 1.48 bits per heavy atom. The molecule has 2 aromatic rings. The smallest absolute Gasteiger partial charge is 0.238 e. The SMILES string of the molecule is Cc1cc(C)c(SCC(=O)N2CCN(CC(=O)Nc3c(C)cccc3C)CC2)c(C)c1. The van der Waals surface area contributed by atoms with Gasteiger partial charge in [0.25, 0.3) is 0 Å². The first kappa shape index (κ1) is 23.4. The van der Waals surface area contributed by atoms with Crippen molar-refractivity contribution >= 4 is 29.3 Å². The molecule has 1 fully saturated rings. The highest BCUT2D eigenvalue weighted by Crippen LogP contribution is 2.28. The lowest BCUT2D eigenvalue weighted by atomic mass is 10.1. The lowest BCUT2D eigenvalue weighted by Gasteiger charge is -2.34. The first-order chi connectivity index (χ1) is 14.7. The van der Waals surface area contributed by atoms with Crippen LogP contribution in [0.25, 0.3) is 0 Å². The second-order valence-electron chi connectivity index (χ2n) is 8.49. The van der Waals surface area contributed by atoms with Crippen LogP contribution in [-0.4, -0.2) is 60.1 Å². The molecule has 2 aromatic carbocycles. The second kappa shape index (κ2) is 10.3. The Morgan fingerprint density at radius 1 is 0.903 bits per heavy atom. The Morgan fingerprint density at radius 3 is 2.06 bits per heavy atom. The number of carbonyl (C=O) groups is 2. The summed E-state index contributed by atoms with van der Waals surface area (Å²) in [6.45, 7) is 13.5. The maximum Gasteiger partial charge on any atom is 0.238 e. The Labute approximate surface area is 190 Å². The topological polar surface area (TPSA) is 52.7 Å². The average Bonchev–Trinajstić information content (AvgIpc) is 2.70. The highest BCUT2D eigenvalue weighted by molar-refractivity contribution is 8.00. The number of rotatable bonds is 6. The van der Waals surface area contributed by atoms with Crippen LogP contribution >= 0.6 is 11.8 Å².